The Balaban J connectivity index is 1.32. The summed E-state index contributed by atoms with van der Waals surface area (Å²) in [4.78, 5) is 37.9. The molecule has 2 aliphatic rings. The lowest BCUT2D eigenvalue weighted by Gasteiger charge is -2.16. The van der Waals surface area contributed by atoms with Gasteiger partial charge in [-0.3, -0.25) is 9.36 Å². The first-order valence-corrected chi connectivity index (χ1v) is 11.2. The Morgan fingerprint density at radius 1 is 1.06 bits per heavy atom. The molecule has 33 heavy (non-hydrogen) atoms. The van der Waals surface area contributed by atoms with Gasteiger partial charge in [0.05, 0.1) is 0 Å². The fraction of sp³-hybridized carbons (Fsp3) is 0.333. The predicted octanol–water partition coefficient (Wildman–Crippen LogP) is 2.65. The van der Waals surface area contributed by atoms with Crippen molar-refractivity contribution in [3.05, 3.63) is 59.0 Å². The second kappa shape index (κ2) is 8.57. The van der Waals surface area contributed by atoms with Gasteiger partial charge in [0.1, 0.15) is 0 Å². The zero-order chi connectivity index (χ0) is 22.9. The number of urea groups is 1. The summed E-state index contributed by atoms with van der Waals surface area (Å²) in [5.74, 6) is 1.31. The van der Waals surface area contributed by atoms with E-state index in [2.05, 4.69) is 15.5 Å². The van der Waals surface area contributed by atoms with E-state index >= 15 is 0 Å². The third kappa shape index (κ3) is 4.52. The molecule has 3 amide bonds. The number of likely N-dealkylation sites (tertiary alicyclic amines) is 1. The molecule has 1 saturated heterocycles. The van der Waals surface area contributed by atoms with Gasteiger partial charge in [0.25, 0.3) is 0 Å². The normalized spacial score (nSPS) is 17.8. The van der Waals surface area contributed by atoms with Crippen LogP contribution >= 0.6 is 0 Å². The summed E-state index contributed by atoms with van der Waals surface area (Å²) in [6.07, 6.45) is 2.91. The SMILES string of the molecule is NC(=O)Nc1cccc(-c2ccc(-c3n[nH]c(=O)n3CC3CCN(C(=O)C4CC4)C3)cc2)c1. The number of H-pyrrole nitrogens is 1. The van der Waals surface area contributed by atoms with Crippen molar-refractivity contribution in [2.45, 2.75) is 25.8 Å². The summed E-state index contributed by atoms with van der Waals surface area (Å²) in [5, 5.41) is 9.40. The van der Waals surface area contributed by atoms with Gasteiger partial charge in [-0.2, -0.15) is 5.10 Å². The van der Waals surface area contributed by atoms with E-state index in [1.807, 2.05) is 47.4 Å². The molecule has 1 atom stereocenters. The van der Waals surface area contributed by atoms with Gasteiger partial charge in [-0.15, -0.1) is 0 Å². The summed E-state index contributed by atoms with van der Waals surface area (Å²) in [6, 6.07) is 14.6. The molecule has 1 unspecified atom stereocenters. The molecule has 3 aromatic rings. The number of hydrogen-bond acceptors (Lipinski definition) is 4. The molecule has 2 fully saturated rings. The van der Waals surface area contributed by atoms with Crippen LogP contribution in [0, 0.1) is 11.8 Å². The molecule has 0 radical (unpaired) electrons. The quantitative estimate of drug-likeness (QED) is 0.538. The lowest BCUT2D eigenvalue weighted by atomic mass is 10.0. The number of nitrogens with one attached hydrogen (secondary N) is 2. The molecule has 2 aromatic carbocycles. The van der Waals surface area contributed by atoms with Crippen LogP contribution in [-0.2, 0) is 11.3 Å². The molecule has 170 valence electrons. The molecule has 0 bridgehead atoms. The van der Waals surface area contributed by atoms with Crippen LogP contribution in [0.3, 0.4) is 0 Å². The summed E-state index contributed by atoms with van der Waals surface area (Å²) >= 11 is 0. The highest BCUT2D eigenvalue weighted by Crippen LogP contribution is 2.33. The van der Waals surface area contributed by atoms with Gasteiger partial charge in [0, 0.05) is 36.8 Å². The average molecular weight is 447 g/mol. The molecule has 9 heteroatoms. The predicted molar refractivity (Wildman–Crippen MR) is 124 cm³/mol. The zero-order valence-electron chi connectivity index (χ0n) is 18.2. The minimum atomic E-state index is -0.610. The summed E-state index contributed by atoms with van der Waals surface area (Å²) in [7, 11) is 0. The van der Waals surface area contributed by atoms with Crippen LogP contribution in [0.4, 0.5) is 10.5 Å². The molecule has 1 saturated carbocycles. The lowest BCUT2D eigenvalue weighted by Crippen LogP contribution is -2.31. The minimum Gasteiger partial charge on any atom is -0.351 e. The fourth-order valence-electron chi connectivity index (χ4n) is 4.47. The number of carbonyl (C=O) groups excluding carboxylic acids is 2. The van der Waals surface area contributed by atoms with Gasteiger partial charge in [-0.05, 0) is 48.4 Å². The molecule has 5 rings (SSSR count). The highest BCUT2D eigenvalue weighted by molar-refractivity contribution is 5.88. The second-order valence-corrected chi connectivity index (χ2v) is 8.82. The summed E-state index contributed by atoms with van der Waals surface area (Å²) < 4.78 is 1.67. The number of carbonyl (C=O) groups is 2. The number of hydrogen-bond donors (Lipinski definition) is 3. The van der Waals surface area contributed by atoms with E-state index in [-0.39, 0.29) is 23.4 Å². The summed E-state index contributed by atoms with van der Waals surface area (Å²) in [6.45, 7) is 1.99. The van der Waals surface area contributed by atoms with Gasteiger partial charge in [-0.1, -0.05) is 36.4 Å². The van der Waals surface area contributed by atoms with E-state index in [1.54, 1.807) is 10.6 Å². The number of amides is 3. The van der Waals surface area contributed by atoms with Crippen molar-refractivity contribution < 1.29 is 9.59 Å². The van der Waals surface area contributed by atoms with Crippen molar-refractivity contribution in [2.24, 2.45) is 17.6 Å². The van der Waals surface area contributed by atoms with Gasteiger partial charge < -0.3 is 16.0 Å². The van der Waals surface area contributed by atoms with Crippen molar-refractivity contribution in [2.75, 3.05) is 18.4 Å². The average Bonchev–Trinajstić information content (AvgIpc) is 3.45. The number of aromatic nitrogens is 3. The number of benzene rings is 2. The van der Waals surface area contributed by atoms with E-state index < -0.39 is 6.03 Å². The van der Waals surface area contributed by atoms with Crippen LogP contribution in [0.2, 0.25) is 0 Å². The van der Waals surface area contributed by atoms with Crippen molar-refractivity contribution in [1.82, 2.24) is 19.7 Å². The Kier molecular flexibility index (Phi) is 5.45. The van der Waals surface area contributed by atoms with Crippen LogP contribution in [0.15, 0.2) is 53.3 Å². The Hall–Kier alpha value is -3.88. The molecule has 2 heterocycles. The highest BCUT2D eigenvalue weighted by Gasteiger charge is 2.36. The molecule has 1 aliphatic heterocycles. The van der Waals surface area contributed by atoms with Crippen molar-refractivity contribution >= 4 is 17.6 Å². The van der Waals surface area contributed by atoms with Crippen LogP contribution in [0.25, 0.3) is 22.5 Å². The maximum Gasteiger partial charge on any atom is 0.343 e. The molecule has 4 N–H and O–H groups in total. The number of primary amides is 1. The van der Waals surface area contributed by atoms with E-state index in [0.29, 0.717) is 24.6 Å². The number of anilines is 1. The third-order valence-corrected chi connectivity index (χ3v) is 6.33. The van der Waals surface area contributed by atoms with E-state index in [9.17, 15) is 14.4 Å². The van der Waals surface area contributed by atoms with Gasteiger partial charge >= 0.3 is 11.7 Å². The van der Waals surface area contributed by atoms with E-state index in [1.165, 1.54) is 0 Å². The minimum absolute atomic E-state index is 0.224. The second-order valence-electron chi connectivity index (χ2n) is 8.82. The first-order valence-electron chi connectivity index (χ1n) is 11.2. The van der Waals surface area contributed by atoms with Gasteiger partial charge in [-0.25, -0.2) is 14.7 Å². The van der Waals surface area contributed by atoms with Gasteiger partial charge in [0.15, 0.2) is 5.82 Å². The molecular formula is C24H26N6O3. The van der Waals surface area contributed by atoms with Gasteiger partial charge in [0.2, 0.25) is 5.91 Å². The fourth-order valence-corrected chi connectivity index (χ4v) is 4.47. The van der Waals surface area contributed by atoms with E-state index in [0.717, 1.165) is 42.5 Å². The van der Waals surface area contributed by atoms with Crippen molar-refractivity contribution in [3.8, 4) is 22.5 Å². The standard InChI is InChI=1S/C24H26N6O3/c25-23(32)26-20-3-1-2-19(12-20)16-4-6-17(7-5-16)21-27-28-24(33)30(21)14-15-10-11-29(13-15)22(31)18-8-9-18/h1-7,12,15,18H,8-11,13-14H2,(H,28,33)(H3,25,26,32). The number of rotatable bonds is 6. The number of nitrogens with zero attached hydrogens (tertiary/aromatic N) is 3. The number of nitrogens with two attached hydrogens (primary N) is 1. The molecule has 0 spiro atoms. The Labute approximate surface area is 190 Å². The maximum atomic E-state index is 12.5. The van der Waals surface area contributed by atoms with Crippen LogP contribution in [-0.4, -0.2) is 44.7 Å². The Morgan fingerprint density at radius 3 is 2.55 bits per heavy atom. The Bertz CT molecular complexity index is 1240. The first kappa shape index (κ1) is 21.0. The summed E-state index contributed by atoms with van der Waals surface area (Å²) in [5.41, 5.74) is 8.30. The molecule has 1 aliphatic carbocycles. The van der Waals surface area contributed by atoms with Crippen LogP contribution in [0.5, 0.6) is 0 Å². The largest absolute Gasteiger partial charge is 0.351 e. The topological polar surface area (TPSA) is 126 Å². The maximum absolute atomic E-state index is 12.5. The molecular weight excluding hydrogens is 420 g/mol. The van der Waals surface area contributed by atoms with E-state index in [4.69, 9.17) is 5.73 Å². The first-order chi connectivity index (χ1) is 16.0. The van der Waals surface area contributed by atoms with Crippen LogP contribution in [0.1, 0.15) is 19.3 Å². The third-order valence-electron chi connectivity index (χ3n) is 6.33. The monoisotopic (exact) mass is 446 g/mol. The lowest BCUT2D eigenvalue weighted by molar-refractivity contribution is -0.131. The van der Waals surface area contributed by atoms with Crippen molar-refractivity contribution in [3.63, 3.8) is 0 Å². The highest BCUT2D eigenvalue weighted by atomic mass is 16.2. The molecule has 9 nitrogen and oxygen atoms in total. The van der Waals surface area contributed by atoms with Crippen LogP contribution < -0.4 is 16.7 Å². The number of aromatic amines is 1. The zero-order valence-corrected chi connectivity index (χ0v) is 18.2. The van der Waals surface area contributed by atoms with Crippen molar-refractivity contribution in [1.29, 1.82) is 0 Å². The smallest absolute Gasteiger partial charge is 0.343 e. The molecule has 1 aromatic heterocycles. The Morgan fingerprint density at radius 2 is 1.82 bits per heavy atom.